The van der Waals surface area contributed by atoms with Crippen molar-refractivity contribution in [3.05, 3.63) is 57.7 Å². The van der Waals surface area contributed by atoms with Gasteiger partial charge in [0.25, 0.3) is 0 Å². The first-order chi connectivity index (χ1) is 16.3. The Bertz CT molecular complexity index is 1460. The van der Waals surface area contributed by atoms with Crippen LogP contribution in [0, 0.1) is 5.92 Å². The summed E-state index contributed by atoms with van der Waals surface area (Å²) in [6, 6.07) is 9.04. The van der Waals surface area contributed by atoms with Crippen LogP contribution in [0.5, 0.6) is 11.5 Å². The molecule has 2 aromatic carbocycles. The number of hydrogen-bond donors (Lipinski definition) is 1. The van der Waals surface area contributed by atoms with Crippen molar-refractivity contribution in [3.8, 4) is 22.8 Å². The lowest BCUT2D eigenvalue weighted by molar-refractivity contribution is -0.274. The summed E-state index contributed by atoms with van der Waals surface area (Å²) in [7, 11) is -3.73. The molecular weight excluding hydrogens is 515 g/mol. The minimum absolute atomic E-state index is 0.00477. The molecule has 1 amide bonds. The van der Waals surface area contributed by atoms with E-state index in [0.717, 1.165) is 24.5 Å². The molecule has 0 bridgehead atoms. The van der Waals surface area contributed by atoms with Crippen molar-refractivity contribution in [2.75, 3.05) is 6.26 Å². The van der Waals surface area contributed by atoms with E-state index in [0.29, 0.717) is 0 Å². The SMILES string of the molecule is CS(=O)(=O)NC(=O)[C@H]1C[C@H](Oc2cc(OC(F)(F)F)ccc2-c2cc(=O)c3cccc(Cl)c3o2)C1. The first kappa shape index (κ1) is 24.9. The molecule has 8 nitrogen and oxygen atoms in total. The molecule has 0 radical (unpaired) electrons. The topological polar surface area (TPSA) is 112 Å². The number of carbonyl (C=O) groups excluding carboxylic acids is 1. The highest BCUT2D eigenvalue weighted by molar-refractivity contribution is 7.89. The fourth-order valence-corrected chi connectivity index (χ4v) is 4.34. The van der Waals surface area contributed by atoms with Crippen LogP contribution in [0.3, 0.4) is 0 Å². The second kappa shape index (κ2) is 9.08. The highest BCUT2D eigenvalue weighted by Crippen LogP contribution is 2.40. The second-order valence-electron chi connectivity index (χ2n) is 7.94. The van der Waals surface area contributed by atoms with Crippen LogP contribution in [0.4, 0.5) is 13.2 Å². The molecule has 1 saturated carbocycles. The van der Waals surface area contributed by atoms with Crippen LogP contribution in [-0.2, 0) is 14.8 Å². The van der Waals surface area contributed by atoms with Gasteiger partial charge in [-0.3, -0.25) is 14.3 Å². The summed E-state index contributed by atoms with van der Waals surface area (Å²) in [5.41, 5.74) is -0.173. The third-order valence-electron chi connectivity index (χ3n) is 5.20. The maximum absolute atomic E-state index is 12.8. The van der Waals surface area contributed by atoms with Gasteiger partial charge in [0.1, 0.15) is 23.4 Å². The molecule has 1 N–H and O–H groups in total. The van der Waals surface area contributed by atoms with E-state index in [2.05, 4.69) is 4.74 Å². The monoisotopic (exact) mass is 531 g/mol. The zero-order chi connectivity index (χ0) is 25.5. The predicted molar refractivity (Wildman–Crippen MR) is 120 cm³/mol. The Morgan fingerprint density at radius 3 is 2.54 bits per heavy atom. The van der Waals surface area contributed by atoms with Crippen molar-refractivity contribution in [1.82, 2.24) is 4.72 Å². The number of rotatable bonds is 6. The van der Waals surface area contributed by atoms with Crippen molar-refractivity contribution >= 4 is 38.5 Å². The van der Waals surface area contributed by atoms with Gasteiger partial charge >= 0.3 is 6.36 Å². The van der Waals surface area contributed by atoms with E-state index in [1.54, 1.807) is 6.07 Å². The molecule has 186 valence electrons. The smallest absolute Gasteiger partial charge is 0.489 e. The number of ether oxygens (including phenoxy) is 2. The van der Waals surface area contributed by atoms with Gasteiger partial charge < -0.3 is 13.9 Å². The Kier molecular flexibility index (Phi) is 6.45. The predicted octanol–water partition coefficient (Wildman–Crippen LogP) is 4.25. The second-order valence-corrected chi connectivity index (χ2v) is 10.1. The lowest BCUT2D eigenvalue weighted by Gasteiger charge is -2.34. The Balaban J connectivity index is 1.66. The van der Waals surface area contributed by atoms with Crippen molar-refractivity contribution in [2.45, 2.75) is 25.3 Å². The van der Waals surface area contributed by atoms with Gasteiger partial charge in [0.05, 0.1) is 22.2 Å². The van der Waals surface area contributed by atoms with E-state index < -0.39 is 45.5 Å². The van der Waals surface area contributed by atoms with Crippen molar-refractivity contribution < 1.29 is 40.3 Å². The zero-order valence-electron chi connectivity index (χ0n) is 17.9. The molecule has 1 fully saturated rings. The molecule has 1 aromatic heterocycles. The number of para-hydroxylation sites is 1. The Hall–Kier alpha value is -3.25. The minimum Gasteiger partial charge on any atom is -0.489 e. The summed E-state index contributed by atoms with van der Waals surface area (Å²) in [6.45, 7) is 0. The Morgan fingerprint density at radius 1 is 1.17 bits per heavy atom. The van der Waals surface area contributed by atoms with Gasteiger partial charge in [-0.25, -0.2) is 8.42 Å². The van der Waals surface area contributed by atoms with Gasteiger partial charge in [-0.2, -0.15) is 0 Å². The normalized spacial score (nSPS) is 18.1. The summed E-state index contributed by atoms with van der Waals surface area (Å²) in [5, 5.41) is 0.388. The van der Waals surface area contributed by atoms with Crippen LogP contribution in [0.25, 0.3) is 22.3 Å². The number of alkyl halides is 3. The van der Waals surface area contributed by atoms with E-state index in [1.807, 2.05) is 4.72 Å². The molecule has 13 heteroatoms. The number of fused-ring (bicyclic) bond motifs is 1. The van der Waals surface area contributed by atoms with Gasteiger partial charge in [0, 0.05) is 18.1 Å². The fourth-order valence-electron chi connectivity index (χ4n) is 3.60. The van der Waals surface area contributed by atoms with Crippen LogP contribution in [0.15, 0.2) is 51.7 Å². The highest BCUT2D eigenvalue weighted by Gasteiger charge is 2.38. The van der Waals surface area contributed by atoms with Crippen molar-refractivity contribution in [3.63, 3.8) is 0 Å². The van der Waals surface area contributed by atoms with Gasteiger partial charge in [0.15, 0.2) is 11.0 Å². The van der Waals surface area contributed by atoms with Crippen LogP contribution < -0.4 is 19.6 Å². The van der Waals surface area contributed by atoms with E-state index in [1.165, 1.54) is 18.2 Å². The fraction of sp³-hybridized carbons (Fsp3) is 0.273. The average Bonchev–Trinajstić information content (AvgIpc) is 2.68. The molecule has 0 aliphatic heterocycles. The first-order valence-electron chi connectivity index (χ1n) is 10.1. The summed E-state index contributed by atoms with van der Waals surface area (Å²) >= 11 is 6.14. The van der Waals surface area contributed by atoms with Crippen LogP contribution >= 0.6 is 11.6 Å². The number of sulfonamides is 1. The number of amides is 1. The number of halogens is 4. The Morgan fingerprint density at radius 2 is 1.89 bits per heavy atom. The van der Waals surface area contributed by atoms with E-state index in [9.17, 15) is 31.2 Å². The number of nitrogens with one attached hydrogen (secondary N) is 1. The van der Waals surface area contributed by atoms with Crippen molar-refractivity contribution in [2.24, 2.45) is 5.92 Å². The van der Waals surface area contributed by atoms with E-state index in [4.69, 9.17) is 20.8 Å². The minimum atomic E-state index is -4.95. The molecule has 0 saturated heterocycles. The van der Waals surface area contributed by atoms with Gasteiger partial charge in [-0.15, -0.1) is 13.2 Å². The van der Waals surface area contributed by atoms with E-state index >= 15 is 0 Å². The molecule has 1 heterocycles. The number of carbonyl (C=O) groups is 1. The molecule has 1 aliphatic rings. The summed E-state index contributed by atoms with van der Waals surface area (Å²) in [4.78, 5) is 24.6. The van der Waals surface area contributed by atoms with Crippen LogP contribution in [-0.4, -0.2) is 33.0 Å². The molecule has 4 rings (SSSR count). The summed E-state index contributed by atoms with van der Waals surface area (Å²) < 4.78 is 78.2. The molecule has 1 aliphatic carbocycles. The third kappa shape index (κ3) is 5.88. The maximum Gasteiger partial charge on any atom is 0.573 e. The first-order valence-corrected chi connectivity index (χ1v) is 12.4. The summed E-state index contributed by atoms with van der Waals surface area (Å²) in [6.07, 6.45) is -4.47. The molecule has 35 heavy (non-hydrogen) atoms. The standard InChI is InChI=1S/C22H17ClF3NO7S/c1-35(30,31)27-21(29)11-7-13(8-11)32-18-9-12(34-22(24,25)26)5-6-15(18)19-10-17(28)14-3-2-4-16(23)20(14)33-19/h2-6,9-11,13H,7-8H2,1H3,(H,27,29)/t11-,13-. The average molecular weight is 532 g/mol. The molecule has 0 atom stereocenters. The van der Waals surface area contributed by atoms with Gasteiger partial charge in [-0.05, 0) is 37.1 Å². The van der Waals surface area contributed by atoms with E-state index in [-0.39, 0.29) is 45.9 Å². The largest absolute Gasteiger partial charge is 0.573 e. The van der Waals surface area contributed by atoms with Gasteiger partial charge in [-0.1, -0.05) is 17.7 Å². The number of hydrogen-bond acceptors (Lipinski definition) is 7. The van der Waals surface area contributed by atoms with Crippen LogP contribution in [0.1, 0.15) is 12.8 Å². The van der Waals surface area contributed by atoms with Crippen LogP contribution in [0.2, 0.25) is 5.02 Å². The highest BCUT2D eigenvalue weighted by atomic mass is 35.5. The molecule has 0 spiro atoms. The van der Waals surface area contributed by atoms with Crippen molar-refractivity contribution in [1.29, 1.82) is 0 Å². The third-order valence-corrected chi connectivity index (χ3v) is 6.07. The lowest BCUT2D eigenvalue weighted by Crippen LogP contribution is -2.45. The lowest BCUT2D eigenvalue weighted by atomic mass is 9.82. The Labute approximate surface area is 201 Å². The zero-order valence-corrected chi connectivity index (χ0v) is 19.5. The van der Waals surface area contributed by atoms with Gasteiger partial charge in [0.2, 0.25) is 15.9 Å². The number of benzene rings is 2. The maximum atomic E-state index is 12.8. The molecule has 0 unspecified atom stereocenters. The quantitative estimate of drug-likeness (QED) is 0.506. The summed E-state index contributed by atoms with van der Waals surface area (Å²) in [5.74, 6) is -2.01. The molecule has 3 aromatic rings. The molecular formula is C22H17ClF3NO7S.